The lowest BCUT2D eigenvalue weighted by Gasteiger charge is -2.64. The average Bonchev–Trinajstić information content (AvgIpc) is 3.32. The third kappa shape index (κ3) is 5.30. The minimum atomic E-state index is -4.04. The van der Waals surface area contributed by atoms with E-state index in [2.05, 4.69) is 32.4 Å². The van der Waals surface area contributed by atoms with E-state index in [1.807, 2.05) is 13.8 Å². The number of sulfonamides is 1. The van der Waals surface area contributed by atoms with Crippen molar-refractivity contribution in [3.8, 4) is 0 Å². The maximum atomic E-state index is 13.1. The maximum absolute atomic E-state index is 13.1. The van der Waals surface area contributed by atoms with Crippen molar-refractivity contribution >= 4 is 21.9 Å². The Hall–Kier alpha value is -1.19. The Kier molecular flexibility index (Phi) is 9.04. The molecular formula is C37H61NO7S. The van der Waals surface area contributed by atoms with Gasteiger partial charge in [0.1, 0.15) is 5.78 Å². The number of amides is 1. The molecule has 1 unspecified atom stereocenters. The largest absolute Gasteiger partial charge is 0.449 e. The second kappa shape index (κ2) is 12.0. The predicted octanol–water partition coefficient (Wildman–Crippen LogP) is 6.48. The van der Waals surface area contributed by atoms with Gasteiger partial charge in [-0.3, -0.25) is 4.79 Å². The molecule has 6 aliphatic carbocycles. The van der Waals surface area contributed by atoms with Crippen molar-refractivity contribution in [1.82, 2.24) is 4.72 Å². The fourth-order valence-electron chi connectivity index (χ4n) is 13.3. The number of ketones is 1. The maximum Gasteiger partial charge on any atom is 0.420 e. The van der Waals surface area contributed by atoms with E-state index in [0.717, 1.165) is 64.2 Å². The van der Waals surface area contributed by atoms with Gasteiger partial charge in [0.2, 0.25) is 10.0 Å². The van der Waals surface area contributed by atoms with Crippen LogP contribution in [0.4, 0.5) is 4.79 Å². The number of ether oxygens (including phenoxy) is 1. The van der Waals surface area contributed by atoms with E-state index in [4.69, 9.17) is 4.74 Å². The Balaban J connectivity index is 1.06. The summed E-state index contributed by atoms with van der Waals surface area (Å²) in [5.74, 6) is 2.47. The Morgan fingerprint density at radius 3 is 2.39 bits per heavy atom. The first-order valence-corrected chi connectivity index (χ1v) is 20.2. The van der Waals surface area contributed by atoms with Crippen molar-refractivity contribution in [2.45, 2.75) is 137 Å². The van der Waals surface area contributed by atoms with Crippen LogP contribution in [0, 0.1) is 69.0 Å². The van der Waals surface area contributed by atoms with E-state index in [-0.39, 0.29) is 53.0 Å². The van der Waals surface area contributed by atoms with Crippen LogP contribution < -0.4 is 4.72 Å². The van der Waals surface area contributed by atoms with Crippen molar-refractivity contribution in [3.05, 3.63) is 0 Å². The van der Waals surface area contributed by atoms with E-state index in [1.165, 1.54) is 0 Å². The highest BCUT2D eigenvalue weighted by atomic mass is 32.2. The topological polar surface area (TPSA) is 130 Å². The van der Waals surface area contributed by atoms with Crippen LogP contribution in [0.25, 0.3) is 0 Å². The fourth-order valence-corrected chi connectivity index (χ4v) is 15.0. The third-order valence-electron chi connectivity index (χ3n) is 16.0. The van der Waals surface area contributed by atoms with Gasteiger partial charge < -0.3 is 14.9 Å². The van der Waals surface area contributed by atoms with Crippen molar-refractivity contribution < 1.29 is 33.0 Å². The number of hydrogen-bond acceptors (Lipinski definition) is 7. The molecule has 0 heterocycles. The lowest BCUT2D eigenvalue weighted by Crippen LogP contribution is -2.62. The van der Waals surface area contributed by atoms with Gasteiger partial charge in [0, 0.05) is 6.42 Å². The number of fused-ring (bicyclic) bond motifs is 7. The predicted molar refractivity (Wildman–Crippen MR) is 177 cm³/mol. The first-order valence-electron chi connectivity index (χ1n) is 18.6. The summed E-state index contributed by atoms with van der Waals surface area (Å²) in [7, 11) is -4.04. The van der Waals surface area contributed by atoms with Crippen LogP contribution in [0.1, 0.15) is 125 Å². The van der Waals surface area contributed by atoms with Gasteiger partial charge in [-0.2, -0.15) is 0 Å². The van der Waals surface area contributed by atoms with Crippen LogP contribution in [0.15, 0.2) is 0 Å². The molecule has 6 rings (SSSR count). The summed E-state index contributed by atoms with van der Waals surface area (Å²) in [6, 6.07) is 0. The van der Waals surface area contributed by atoms with Gasteiger partial charge in [0.25, 0.3) is 0 Å². The smallest absolute Gasteiger partial charge is 0.420 e. The average molecular weight is 664 g/mol. The van der Waals surface area contributed by atoms with E-state index >= 15 is 0 Å². The molecule has 0 aromatic carbocycles. The molecular weight excluding hydrogens is 602 g/mol. The minimum Gasteiger partial charge on any atom is -0.449 e. The van der Waals surface area contributed by atoms with Crippen molar-refractivity contribution in [2.75, 3.05) is 12.4 Å². The van der Waals surface area contributed by atoms with E-state index in [1.54, 1.807) is 0 Å². The van der Waals surface area contributed by atoms with Gasteiger partial charge in [0.05, 0.1) is 30.0 Å². The molecule has 0 aromatic rings. The van der Waals surface area contributed by atoms with Crippen molar-refractivity contribution in [1.29, 1.82) is 0 Å². The van der Waals surface area contributed by atoms with E-state index in [0.29, 0.717) is 54.8 Å². The molecule has 0 radical (unpaired) electrons. The number of Topliss-reactive ketones (excluding diaryl/α,β-unsaturated/α-hetero) is 1. The Morgan fingerprint density at radius 1 is 0.978 bits per heavy atom. The first kappa shape index (κ1) is 34.7. The van der Waals surface area contributed by atoms with E-state index in [9.17, 15) is 28.2 Å². The van der Waals surface area contributed by atoms with Crippen LogP contribution >= 0.6 is 0 Å². The fraction of sp³-hybridized carbons (Fsp3) is 0.946. The molecule has 0 aliphatic heterocycles. The molecule has 0 aromatic heterocycles. The molecule has 0 saturated heterocycles. The molecule has 8 nitrogen and oxygen atoms in total. The summed E-state index contributed by atoms with van der Waals surface area (Å²) < 4.78 is 33.9. The number of carbonyl (C=O) groups is 2. The second-order valence-electron chi connectivity index (χ2n) is 17.9. The van der Waals surface area contributed by atoms with E-state index < -0.39 is 26.9 Å². The molecule has 6 aliphatic rings. The summed E-state index contributed by atoms with van der Waals surface area (Å²) >= 11 is 0. The third-order valence-corrected chi connectivity index (χ3v) is 17.4. The van der Waals surface area contributed by atoms with Crippen LogP contribution in [-0.2, 0) is 19.6 Å². The zero-order chi connectivity index (χ0) is 33.4. The zero-order valence-corrected chi connectivity index (χ0v) is 30.0. The number of aliphatic hydroxyl groups excluding tert-OH is 2. The second-order valence-corrected chi connectivity index (χ2v) is 19.6. The minimum absolute atomic E-state index is 0.0161. The lowest BCUT2D eigenvalue weighted by atomic mass is 9.41. The molecule has 0 spiro atoms. The molecule has 3 N–H and O–H groups in total. The van der Waals surface area contributed by atoms with Gasteiger partial charge in [-0.25, -0.2) is 17.9 Å². The molecule has 262 valence electrons. The molecule has 6 saturated carbocycles. The van der Waals surface area contributed by atoms with Crippen molar-refractivity contribution in [2.24, 2.45) is 69.0 Å². The lowest BCUT2D eigenvalue weighted by molar-refractivity contribution is -0.203. The summed E-state index contributed by atoms with van der Waals surface area (Å²) in [4.78, 5) is 25.8. The standard InChI is InChI=1S/C37H61NO7S/c1-7-25-29-20-24(39)12-16-36(29,6)28-13-17-35(5)26(10-11-27(35)31(28)32(25)41)22(2)14-18-45-33(42)38-46(43,44)21-37-15-8-9-23(19-30(37)40)34(37,3)4/h22-29,31-32,39,41H,7-21H2,1-6H3,(H,38,42)/t22-,23?,24-,25-,26-,27+,28+,29+,31+,32-,35-,36-,37-/m1/s1. The molecule has 1 amide bonds. The number of carbonyl (C=O) groups excluding carboxylic acids is 2. The molecule has 13 atom stereocenters. The number of hydrogen-bond donors (Lipinski definition) is 3. The molecule has 6 fully saturated rings. The van der Waals surface area contributed by atoms with Crippen LogP contribution in [0.5, 0.6) is 0 Å². The highest BCUT2D eigenvalue weighted by Crippen LogP contribution is 2.69. The zero-order valence-electron chi connectivity index (χ0n) is 29.2. The van der Waals surface area contributed by atoms with Gasteiger partial charge in [0.15, 0.2) is 0 Å². The number of nitrogens with one attached hydrogen (secondary N) is 1. The van der Waals surface area contributed by atoms with Crippen LogP contribution in [0.2, 0.25) is 0 Å². The highest BCUT2D eigenvalue weighted by molar-refractivity contribution is 7.90. The normalized spacial score (nSPS) is 47.0. The van der Waals surface area contributed by atoms with Gasteiger partial charge in [-0.05, 0) is 128 Å². The quantitative estimate of drug-likeness (QED) is 0.271. The van der Waals surface area contributed by atoms with Gasteiger partial charge >= 0.3 is 6.09 Å². The Morgan fingerprint density at radius 2 is 1.67 bits per heavy atom. The molecule has 46 heavy (non-hydrogen) atoms. The summed E-state index contributed by atoms with van der Waals surface area (Å²) in [5.41, 5.74) is -1.06. The summed E-state index contributed by atoms with van der Waals surface area (Å²) in [6.07, 6.45) is 10.1. The van der Waals surface area contributed by atoms with Crippen LogP contribution in [0.3, 0.4) is 0 Å². The van der Waals surface area contributed by atoms with Crippen molar-refractivity contribution in [3.63, 3.8) is 0 Å². The van der Waals surface area contributed by atoms with Crippen LogP contribution in [-0.4, -0.2) is 55.1 Å². The molecule has 2 bridgehead atoms. The number of aliphatic hydroxyl groups is 2. The molecule has 9 heteroatoms. The Bertz CT molecular complexity index is 1300. The summed E-state index contributed by atoms with van der Waals surface area (Å²) in [5, 5.41) is 22.5. The summed E-state index contributed by atoms with van der Waals surface area (Å²) in [6.45, 7) is 13.5. The first-order chi connectivity index (χ1) is 21.5. The van der Waals surface area contributed by atoms with Gasteiger partial charge in [-0.1, -0.05) is 54.4 Å². The van der Waals surface area contributed by atoms with Gasteiger partial charge in [-0.15, -0.1) is 0 Å². The Labute approximate surface area is 277 Å². The highest BCUT2D eigenvalue weighted by Gasteiger charge is 2.65. The SMILES string of the molecule is CC[C@H]1[C@@H](O)[C@@H]2[C@H](CC[C@]3(C)[C@@H]([C@H](C)CCOC(=O)NS(=O)(=O)C[C@]45CCCC(CC4=O)C5(C)C)CC[C@@H]23)[C@@]2(C)CC[C@@H](O)C[C@@H]12. The monoisotopic (exact) mass is 663 g/mol. The number of rotatable bonds is 8.